The number of aromatic amines is 1. The zero-order valence-corrected chi connectivity index (χ0v) is 28.8. The van der Waals surface area contributed by atoms with E-state index in [1.807, 2.05) is 0 Å². The van der Waals surface area contributed by atoms with Crippen LogP contribution in [0, 0.1) is 0 Å². The number of aliphatic carboxylic acids is 2. The standard InChI is InChI=1S/C30H37N3O4S.2C2HF3O2/c1-20(2)37-17-5-15-31-18-23-6-3-4-7-24(23)22-10-8-21(9-11-22)14-16-32-19-27(35)25-12-13-26(34)28-29(25)38-30(36)33-28;2*3-2(4,5)1(6)7/h3-4,6-13,20,27,31-32,34-35H,5,14-19H2,1-2H3,(H,33,36);2*(H,6,7). The molecule has 18 heteroatoms. The molecule has 0 aliphatic carbocycles. The fourth-order valence-electron chi connectivity index (χ4n) is 4.43. The van der Waals surface area contributed by atoms with E-state index in [1.165, 1.54) is 28.3 Å². The van der Waals surface area contributed by atoms with Gasteiger partial charge >= 0.3 is 29.2 Å². The number of carboxylic acids is 2. The van der Waals surface area contributed by atoms with Gasteiger partial charge in [-0.1, -0.05) is 65.9 Å². The van der Waals surface area contributed by atoms with Gasteiger partial charge in [-0.15, -0.1) is 0 Å². The van der Waals surface area contributed by atoms with Crippen molar-refractivity contribution in [1.82, 2.24) is 15.6 Å². The molecule has 0 radical (unpaired) electrons. The monoisotopic (exact) mass is 763 g/mol. The lowest BCUT2D eigenvalue weighted by Crippen LogP contribution is -2.23. The number of nitrogens with one attached hydrogen (secondary N) is 3. The Labute approximate surface area is 297 Å². The Balaban J connectivity index is 0.000000564. The van der Waals surface area contributed by atoms with Crippen molar-refractivity contribution in [2.24, 2.45) is 0 Å². The van der Waals surface area contributed by atoms with Crippen LogP contribution in [0.15, 0.2) is 65.5 Å². The van der Waals surface area contributed by atoms with Crippen molar-refractivity contribution >= 4 is 33.5 Å². The van der Waals surface area contributed by atoms with Gasteiger partial charge < -0.3 is 40.8 Å². The van der Waals surface area contributed by atoms with Crippen LogP contribution in [0.2, 0.25) is 0 Å². The summed E-state index contributed by atoms with van der Waals surface area (Å²) in [5, 5.41) is 41.7. The van der Waals surface area contributed by atoms with Crippen molar-refractivity contribution in [3.63, 3.8) is 0 Å². The van der Waals surface area contributed by atoms with E-state index < -0.39 is 30.4 Å². The summed E-state index contributed by atoms with van der Waals surface area (Å²) in [6, 6.07) is 20.3. The first kappa shape index (κ1) is 43.7. The van der Waals surface area contributed by atoms with Crippen molar-refractivity contribution in [3.05, 3.63) is 87.0 Å². The van der Waals surface area contributed by atoms with Crippen LogP contribution < -0.4 is 15.5 Å². The smallest absolute Gasteiger partial charge is 0.490 e. The summed E-state index contributed by atoms with van der Waals surface area (Å²) in [6.07, 6.45) is -8.85. The third kappa shape index (κ3) is 15.0. The minimum Gasteiger partial charge on any atom is -0.506 e. The van der Waals surface area contributed by atoms with Gasteiger partial charge in [-0.3, -0.25) is 4.79 Å². The maximum absolute atomic E-state index is 11.7. The molecule has 0 fully saturated rings. The molecule has 0 spiro atoms. The summed E-state index contributed by atoms with van der Waals surface area (Å²) in [6.45, 7) is 7.70. The summed E-state index contributed by atoms with van der Waals surface area (Å²) in [5.41, 5.74) is 5.93. The van der Waals surface area contributed by atoms with Gasteiger partial charge in [0.05, 0.1) is 16.9 Å². The fraction of sp³-hybridized carbons (Fsp3) is 0.382. The van der Waals surface area contributed by atoms with E-state index in [2.05, 4.69) is 78.0 Å². The van der Waals surface area contributed by atoms with Crippen LogP contribution in [0.5, 0.6) is 5.75 Å². The molecule has 4 rings (SSSR count). The number of fused-ring (bicyclic) bond motifs is 1. The van der Waals surface area contributed by atoms with Gasteiger partial charge in [-0.05, 0) is 68.1 Å². The van der Waals surface area contributed by atoms with Crippen LogP contribution >= 0.6 is 11.3 Å². The van der Waals surface area contributed by atoms with Crippen LogP contribution in [0.4, 0.5) is 26.3 Å². The fourth-order valence-corrected chi connectivity index (χ4v) is 5.35. The highest BCUT2D eigenvalue weighted by Crippen LogP contribution is 2.31. The molecule has 0 aliphatic heterocycles. The first-order chi connectivity index (χ1) is 24.3. The van der Waals surface area contributed by atoms with E-state index in [-0.39, 0.29) is 16.7 Å². The van der Waals surface area contributed by atoms with E-state index >= 15 is 0 Å². The van der Waals surface area contributed by atoms with Gasteiger partial charge in [0, 0.05) is 25.3 Å². The van der Waals surface area contributed by atoms with Gasteiger partial charge in [-0.25, -0.2) is 9.59 Å². The second-order valence-corrected chi connectivity index (χ2v) is 12.3. The number of aromatic nitrogens is 1. The van der Waals surface area contributed by atoms with Crippen LogP contribution in [0.3, 0.4) is 0 Å². The predicted octanol–water partition coefficient (Wildman–Crippen LogP) is 6.00. The quantitative estimate of drug-likeness (QED) is 0.0595. The highest BCUT2D eigenvalue weighted by molar-refractivity contribution is 7.16. The van der Waals surface area contributed by atoms with Crippen molar-refractivity contribution in [2.45, 2.75) is 57.8 Å². The molecule has 0 saturated carbocycles. The van der Waals surface area contributed by atoms with Gasteiger partial charge in [0.1, 0.15) is 11.3 Å². The number of benzene rings is 3. The Morgan fingerprint density at radius 2 is 1.48 bits per heavy atom. The van der Waals surface area contributed by atoms with E-state index in [4.69, 9.17) is 24.5 Å². The summed E-state index contributed by atoms with van der Waals surface area (Å²) < 4.78 is 69.7. The number of rotatable bonds is 14. The number of alkyl halides is 6. The van der Waals surface area contributed by atoms with Crippen LogP contribution in [0.25, 0.3) is 21.3 Å². The minimum absolute atomic E-state index is 0.0109. The van der Waals surface area contributed by atoms with Crippen LogP contribution in [0.1, 0.15) is 43.1 Å². The Morgan fingerprint density at radius 3 is 2.06 bits per heavy atom. The lowest BCUT2D eigenvalue weighted by molar-refractivity contribution is -0.193. The van der Waals surface area contributed by atoms with Crippen molar-refractivity contribution in [2.75, 3.05) is 26.2 Å². The van der Waals surface area contributed by atoms with Crippen molar-refractivity contribution in [1.29, 1.82) is 0 Å². The number of thiazole rings is 1. The molecule has 3 aromatic carbocycles. The highest BCUT2D eigenvalue weighted by Gasteiger charge is 2.38. The Hall–Kier alpha value is -4.49. The molecule has 0 amide bonds. The normalized spacial score (nSPS) is 12.1. The number of phenols is 1. The number of ether oxygens (including phenoxy) is 1. The lowest BCUT2D eigenvalue weighted by Gasteiger charge is -2.14. The number of aliphatic hydroxyl groups is 1. The number of aromatic hydroxyl groups is 1. The van der Waals surface area contributed by atoms with E-state index in [0.717, 1.165) is 43.9 Å². The number of hydrogen-bond acceptors (Lipinski definition) is 9. The number of halogens is 6. The Bertz CT molecular complexity index is 1750. The summed E-state index contributed by atoms with van der Waals surface area (Å²) in [5.74, 6) is -5.50. The lowest BCUT2D eigenvalue weighted by atomic mass is 9.98. The minimum atomic E-state index is -5.08. The SMILES string of the molecule is CC(C)OCCCNCc1ccccc1-c1ccc(CCNCC(O)c2ccc(O)c3[nH]c(=O)sc23)cc1.O=C(O)C(F)(F)F.O=C(O)C(F)(F)F. The van der Waals surface area contributed by atoms with E-state index in [0.29, 0.717) is 28.9 Å². The zero-order chi connectivity index (χ0) is 39.1. The molecule has 0 saturated heterocycles. The zero-order valence-electron chi connectivity index (χ0n) is 28.0. The molecule has 0 aliphatic rings. The molecule has 52 heavy (non-hydrogen) atoms. The molecule has 11 nitrogen and oxygen atoms in total. The molecular formula is C34H39F6N3O8S. The van der Waals surface area contributed by atoms with Gasteiger partial charge in [-0.2, -0.15) is 26.3 Å². The molecule has 4 aromatic rings. The number of H-pyrrole nitrogens is 1. The third-order valence-electron chi connectivity index (χ3n) is 6.91. The second kappa shape index (κ2) is 20.5. The molecule has 1 unspecified atom stereocenters. The third-order valence-corrected chi connectivity index (χ3v) is 7.84. The van der Waals surface area contributed by atoms with Gasteiger partial charge in [0.2, 0.25) is 0 Å². The average Bonchev–Trinajstić information content (AvgIpc) is 3.47. The van der Waals surface area contributed by atoms with Crippen molar-refractivity contribution < 1.29 is 61.1 Å². The number of phenolic OH excluding ortho intramolecular Hbond substituents is 1. The number of carbonyl (C=O) groups is 2. The first-order valence-electron chi connectivity index (χ1n) is 15.6. The average molecular weight is 764 g/mol. The Morgan fingerprint density at radius 1 is 0.885 bits per heavy atom. The maximum atomic E-state index is 11.7. The first-order valence-corrected chi connectivity index (χ1v) is 16.5. The molecule has 1 atom stereocenters. The molecule has 1 heterocycles. The van der Waals surface area contributed by atoms with Crippen LogP contribution in [-0.2, 0) is 27.3 Å². The predicted molar refractivity (Wildman–Crippen MR) is 182 cm³/mol. The van der Waals surface area contributed by atoms with E-state index in [9.17, 15) is 41.4 Å². The molecule has 286 valence electrons. The second-order valence-electron chi connectivity index (χ2n) is 11.3. The maximum Gasteiger partial charge on any atom is 0.490 e. The largest absolute Gasteiger partial charge is 0.506 e. The Kier molecular flexibility index (Phi) is 17.2. The molecule has 1 aromatic heterocycles. The molecule has 7 N–H and O–H groups in total. The number of carboxylic acid groups (broad SMARTS) is 2. The van der Waals surface area contributed by atoms with Gasteiger partial charge in [0.25, 0.3) is 0 Å². The van der Waals surface area contributed by atoms with E-state index in [1.54, 1.807) is 6.07 Å². The van der Waals surface area contributed by atoms with Crippen molar-refractivity contribution in [3.8, 4) is 16.9 Å². The topological polar surface area (TPSA) is 181 Å². The molecular weight excluding hydrogens is 724 g/mol. The number of aliphatic hydroxyl groups excluding tert-OH is 1. The highest BCUT2D eigenvalue weighted by atomic mass is 32.1. The summed E-state index contributed by atoms with van der Waals surface area (Å²) >= 11 is 0.998. The van der Waals surface area contributed by atoms with Crippen LogP contribution in [-0.4, -0.2) is 82.0 Å². The number of hydrogen-bond donors (Lipinski definition) is 7. The summed E-state index contributed by atoms with van der Waals surface area (Å²) in [4.78, 5) is 31.9. The molecule has 0 bridgehead atoms. The summed E-state index contributed by atoms with van der Waals surface area (Å²) in [7, 11) is 0. The van der Waals surface area contributed by atoms with Gasteiger partial charge in [0.15, 0.2) is 0 Å².